The average molecular weight is 348 g/mol. The first-order valence-electron chi connectivity index (χ1n) is 8.06. The Morgan fingerprint density at radius 2 is 1.96 bits per heavy atom. The first-order valence-corrected chi connectivity index (χ1v) is 8.94. The van der Waals surface area contributed by atoms with Crippen molar-refractivity contribution in [2.75, 3.05) is 20.3 Å². The van der Waals surface area contributed by atoms with Gasteiger partial charge in [-0.3, -0.25) is 4.79 Å². The largest absolute Gasteiger partial charge is 0.497 e. The third kappa shape index (κ3) is 5.85. The molecule has 130 valence electrons. The van der Waals surface area contributed by atoms with E-state index >= 15 is 0 Å². The first kappa shape index (κ1) is 18.3. The van der Waals surface area contributed by atoms with Crippen LogP contribution in [0.5, 0.6) is 11.5 Å². The van der Waals surface area contributed by atoms with Crippen LogP contribution in [0.15, 0.2) is 29.6 Å². The van der Waals surface area contributed by atoms with Crippen molar-refractivity contribution in [3.8, 4) is 11.5 Å². The third-order valence-corrected chi connectivity index (χ3v) is 4.41. The Hall–Kier alpha value is -2.08. The van der Waals surface area contributed by atoms with E-state index in [-0.39, 0.29) is 5.91 Å². The maximum absolute atomic E-state index is 11.8. The number of hydrogen-bond acceptors (Lipinski definition) is 5. The molecule has 0 radical (unpaired) electrons. The molecular weight excluding hydrogens is 324 g/mol. The minimum absolute atomic E-state index is 0.0228. The highest BCUT2D eigenvalue weighted by Crippen LogP contribution is 2.19. The molecule has 1 aromatic carbocycles. The van der Waals surface area contributed by atoms with E-state index in [4.69, 9.17) is 9.47 Å². The lowest BCUT2D eigenvalue weighted by Gasteiger charge is -2.08. The Balaban J connectivity index is 1.62. The molecule has 0 saturated heterocycles. The summed E-state index contributed by atoms with van der Waals surface area (Å²) in [7, 11) is 1.63. The Morgan fingerprint density at radius 3 is 2.58 bits per heavy atom. The minimum atomic E-state index is 0.0228. The number of nitrogens with zero attached hydrogens (tertiary/aromatic N) is 1. The quantitative estimate of drug-likeness (QED) is 0.706. The highest BCUT2D eigenvalue weighted by atomic mass is 32.1. The van der Waals surface area contributed by atoms with Gasteiger partial charge in [0.25, 0.3) is 0 Å². The smallest absolute Gasteiger partial charge is 0.220 e. The maximum Gasteiger partial charge on any atom is 0.220 e. The number of nitrogens with one attached hydrogen (secondary N) is 1. The summed E-state index contributed by atoms with van der Waals surface area (Å²) in [6.45, 7) is 5.16. The summed E-state index contributed by atoms with van der Waals surface area (Å²) < 4.78 is 10.7. The van der Waals surface area contributed by atoms with Gasteiger partial charge < -0.3 is 14.8 Å². The van der Waals surface area contributed by atoms with E-state index in [1.165, 1.54) is 0 Å². The zero-order valence-corrected chi connectivity index (χ0v) is 15.2. The molecule has 6 heteroatoms. The van der Waals surface area contributed by atoms with E-state index < -0.39 is 0 Å². The number of carbonyl (C=O) groups excluding carboxylic acids is 1. The molecule has 1 aromatic heterocycles. The van der Waals surface area contributed by atoms with Gasteiger partial charge in [-0.1, -0.05) is 13.8 Å². The molecule has 0 unspecified atom stereocenters. The van der Waals surface area contributed by atoms with Gasteiger partial charge in [0.05, 0.1) is 24.4 Å². The van der Waals surface area contributed by atoms with Crippen molar-refractivity contribution < 1.29 is 14.3 Å². The van der Waals surface area contributed by atoms with Gasteiger partial charge in [0.2, 0.25) is 5.91 Å². The van der Waals surface area contributed by atoms with E-state index in [1.807, 2.05) is 24.3 Å². The minimum Gasteiger partial charge on any atom is -0.497 e. The SMILES string of the molecule is COc1ccc(OCCNC(=O)CCc2nc(C(C)C)cs2)cc1. The Bertz CT molecular complexity index is 638. The number of ether oxygens (including phenoxy) is 2. The van der Waals surface area contributed by atoms with E-state index in [0.29, 0.717) is 31.9 Å². The molecule has 0 bridgehead atoms. The third-order valence-electron chi connectivity index (χ3n) is 3.48. The topological polar surface area (TPSA) is 60.5 Å². The van der Waals surface area contributed by atoms with Gasteiger partial charge in [0.1, 0.15) is 18.1 Å². The van der Waals surface area contributed by atoms with E-state index in [0.717, 1.165) is 22.2 Å². The van der Waals surface area contributed by atoms with Gasteiger partial charge in [0.15, 0.2) is 0 Å². The number of methoxy groups -OCH3 is 1. The highest BCUT2D eigenvalue weighted by Gasteiger charge is 2.08. The summed E-state index contributed by atoms with van der Waals surface area (Å²) >= 11 is 1.62. The van der Waals surface area contributed by atoms with Crippen molar-refractivity contribution >= 4 is 17.2 Å². The lowest BCUT2D eigenvalue weighted by atomic mass is 10.2. The summed E-state index contributed by atoms with van der Waals surface area (Å²) in [5, 5.41) is 5.95. The zero-order valence-electron chi connectivity index (χ0n) is 14.4. The normalized spacial score (nSPS) is 10.7. The van der Waals surface area contributed by atoms with Crippen molar-refractivity contribution in [3.63, 3.8) is 0 Å². The van der Waals surface area contributed by atoms with Crippen molar-refractivity contribution in [2.45, 2.75) is 32.6 Å². The molecule has 5 nitrogen and oxygen atoms in total. The number of thiazole rings is 1. The molecule has 1 heterocycles. The van der Waals surface area contributed by atoms with Crippen LogP contribution in [0.25, 0.3) is 0 Å². The van der Waals surface area contributed by atoms with Crippen molar-refractivity contribution in [2.24, 2.45) is 0 Å². The fourth-order valence-corrected chi connectivity index (χ4v) is 3.00. The van der Waals surface area contributed by atoms with E-state index in [9.17, 15) is 4.79 Å². The van der Waals surface area contributed by atoms with Crippen LogP contribution < -0.4 is 14.8 Å². The van der Waals surface area contributed by atoms with Crippen LogP contribution in [0.1, 0.15) is 36.9 Å². The maximum atomic E-state index is 11.8. The number of carbonyl (C=O) groups is 1. The lowest BCUT2D eigenvalue weighted by Crippen LogP contribution is -2.28. The predicted octanol–water partition coefficient (Wildman–Crippen LogP) is 3.40. The second-order valence-electron chi connectivity index (χ2n) is 5.69. The molecule has 0 aliphatic rings. The summed E-state index contributed by atoms with van der Waals surface area (Å²) in [5.74, 6) is 2.00. The molecule has 0 spiro atoms. The van der Waals surface area contributed by atoms with Crippen LogP contribution in [0.3, 0.4) is 0 Å². The van der Waals surface area contributed by atoms with E-state index in [1.54, 1.807) is 18.4 Å². The molecular formula is C18H24N2O3S. The number of aryl methyl sites for hydroxylation is 1. The predicted molar refractivity (Wildman–Crippen MR) is 96.0 cm³/mol. The fourth-order valence-electron chi connectivity index (χ4n) is 2.05. The van der Waals surface area contributed by atoms with Crippen molar-refractivity contribution in [1.82, 2.24) is 10.3 Å². The van der Waals surface area contributed by atoms with Crippen LogP contribution >= 0.6 is 11.3 Å². The first-order chi connectivity index (χ1) is 11.6. The number of aromatic nitrogens is 1. The number of rotatable bonds is 9. The molecule has 1 N–H and O–H groups in total. The summed E-state index contributed by atoms with van der Waals surface area (Å²) in [6.07, 6.45) is 1.14. The van der Waals surface area contributed by atoms with Gasteiger partial charge in [-0.15, -0.1) is 11.3 Å². The number of hydrogen-bond donors (Lipinski definition) is 1. The van der Waals surface area contributed by atoms with Gasteiger partial charge >= 0.3 is 0 Å². The molecule has 0 atom stereocenters. The Kier molecular flexibility index (Phi) is 7.06. The molecule has 0 saturated carbocycles. The van der Waals surface area contributed by atoms with Gasteiger partial charge in [-0.2, -0.15) is 0 Å². The van der Waals surface area contributed by atoms with Crippen LogP contribution in [-0.4, -0.2) is 31.2 Å². The second kappa shape index (κ2) is 9.27. The molecule has 24 heavy (non-hydrogen) atoms. The zero-order chi connectivity index (χ0) is 17.4. The number of benzene rings is 1. The average Bonchev–Trinajstić information content (AvgIpc) is 3.07. The van der Waals surface area contributed by atoms with Crippen LogP contribution in [0.2, 0.25) is 0 Å². The molecule has 2 aromatic rings. The molecule has 0 fully saturated rings. The molecule has 0 aliphatic heterocycles. The molecule has 0 aliphatic carbocycles. The lowest BCUT2D eigenvalue weighted by molar-refractivity contribution is -0.121. The van der Waals surface area contributed by atoms with Gasteiger partial charge in [-0.25, -0.2) is 4.98 Å². The summed E-state index contributed by atoms with van der Waals surface area (Å²) in [4.78, 5) is 16.4. The monoisotopic (exact) mass is 348 g/mol. The standard InChI is InChI=1S/C18H24N2O3S/c1-13(2)16-12-24-18(20-16)9-8-17(21)19-10-11-23-15-6-4-14(22-3)5-7-15/h4-7,12-13H,8-11H2,1-3H3,(H,19,21). The molecule has 2 rings (SSSR count). The fraction of sp³-hybridized carbons (Fsp3) is 0.444. The van der Waals surface area contributed by atoms with Crippen molar-refractivity contribution in [1.29, 1.82) is 0 Å². The van der Waals surface area contributed by atoms with Crippen LogP contribution in [0.4, 0.5) is 0 Å². The highest BCUT2D eigenvalue weighted by molar-refractivity contribution is 7.09. The van der Waals surface area contributed by atoms with Gasteiger partial charge in [-0.05, 0) is 30.2 Å². The summed E-state index contributed by atoms with van der Waals surface area (Å²) in [5.41, 5.74) is 1.10. The Morgan fingerprint density at radius 1 is 1.25 bits per heavy atom. The van der Waals surface area contributed by atoms with Crippen LogP contribution in [0, 0.1) is 0 Å². The van der Waals surface area contributed by atoms with Crippen molar-refractivity contribution in [3.05, 3.63) is 40.3 Å². The second-order valence-corrected chi connectivity index (χ2v) is 6.64. The van der Waals surface area contributed by atoms with E-state index in [2.05, 4.69) is 29.5 Å². The Labute approximate surface area is 147 Å². The molecule has 1 amide bonds. The summed E-state index contributed by atoms with van der Waals surface area (Å²) in [6, 6.07) is 7.37. The van der Waals surface area contributed by atoms with Gasteiger partial charge in [0, 0.05) is 18.2 Å². The van der Waals surface area contributed by atoms with Crippen LogP contribution in [-0.2, 0) is 11.2 Å². The number of amides is 1.